The van der Waals surface area contributed by atoms with Gasteiger partial charge in [0.1, 0.15) is 4.90 Å². The summed E-state index contributed by atoms with van der Waals surface area (Å²) in [6.45, 7) is 11.0. The highest BCUT2D eigenvalue weighted by molar-refractivity contribution is 7.86. The molecule has 20 heavy (non-hydrogen) atoms. The van der Waals surface area contributed by atoms with Gasteiger partial charge in [-0.1, -0.05) is 39.9 Å². The molecule has 0 spiro atoms. The van der Waals surface area contributed by atoms with Crippen molar-refractivity contribution in [2.75, 3.05) is 0 Å². The van der Waals surface area contributed by atoms with Crippen LogP contribution in [0, 0.1) is 0 Å². The Kier molecular flexibility index (Phi) is 3.38. The maximum absolute atomic E-state index is 13.2. The molecule has 6 heteroatoms. The summed E-state index contributed by atoms with van der Waals surface area (Å²) in [5, 5.41) is 1.03. The number of fused-ring (bicyclic) bond motifs is 1. The number of benzene rings is 1. The van der Waals surface area contributed by atoms with Gasteiger partial charge in [0.05, 0.1) is 0 Å². The summed E-state index contributed by atoms with van der Waals surface area (Å²) in [5.74, 6) is 0. The fourth-order valence-corrected chi connectivity index (χ4v) is 4.56. The molecule has 0 bridgehead atoms. The van der Waals surface area contributed by atoms with Crippen molar-refractivity contribution in [1.29, 1.82) is 0 Å². The molecule has 0 aliphatic carbocycles. The smallest absolute Gasteiger partial charge is 0.332 e. The van der Waals surface area contributed by atoms with Gasteiger partial charge in [-0.05, 0) is 34.8 Å². The summed E-state index contributed by atoms with van der Waals surface area (Å²) >= 11 is 0. The third-order valence-electron chi connectivity index (χ3n) is 4.38. The Hall–Kier alpha value is -1.14. The van der Waals surface area contributed by atoms with Crippen LogP contribution in [0.1, 0.15) is 20.8 Å². The monoisotopic (exact) mass is 313 g/mol. The summed E-state index contributed by atoms with van der Waals surface area (Å²) in [6.07, 6.45) is 1.98. The van der Waals surface area contributed by atoms with Crippen LogP contribution in [0.25, 0.3) is 10.9 Å². The van der Waals surface area contributed by atoms with E-state index in [1.54, 1.807) is 6.07 Å². The fourth-order valence-electron chi connectivity index (χ4n) is 2.11. The predicted molar refractivity (Wildman–Crippen MR) is 82.8 cm³/mol. The van der Waals surface area contributed by atoms with Crippen molar-refractivity contribution in [3.8, 4) is 0 Å². The molecule has 0 unspecified atom stereocenters. The van der Waals surface area contributed by atoms with Crippen LogP contribution < -0.4 is 0 Å². The van der Waals surface area contributed by atoms with Crippen molar-refractivity contribution in [3.63, 3.8) is 0 Å². The van der Waals surface area contributed by atoms with Gasteiger partial charge in [-0.2, -0.15) is 8.42 Å². The van der Waals surface area contributed by atoms with Crippen molar-refractivity contribution < 1.29 is 12.3 Å². The highest BCUT2D eigenvalue weighted by atomic mass is 32.3. The number of hydrogen-bond donors (Lipinski definition) is 0. The first-order valence-corrected chi connectivity index (χ1v) is 10.8. The first-order valence-electron chi connectivity index (χ1n) is 6.51. The van der Waals surface area contributed by atoms with Gasteiger partial charge in [-0.25, -0.2) is 0 Å². The normalized spacial score (nSPS) is 13.9. The molecule has 2 aromatic rings. The maximum Gasteiger partial charge on any atom is 0.332 e. The van der Waals surface area contributed by atoms with Crippen molar-refractivity contribution >= 4 is 29.4 Å². The minimum atomic E-state index is -4.67. The van der Waals surface area contributed by atoms with Crippen LogP contribution >= 0.6 is 0 Å². The highest BCUT2D eigenvalue weighted by Gasteiger charge is 2.38. The van der Waals surface area contributed by atoms with E-state index in [0.717, 1.165) is 10.9 Å². The molecule has 0 fully saturated rings. The molecule has 2 rings (SSSR count). The predicted octanol–water partition coefficient (Wildman–Crippen LogP) is 4.15. The van der Waals surface area contributed by atoms with Crippen molar-refractivity contribution in [2.45, 2.75) is 43.8 Å². The molecule has 0 aliphatic rings. The van der Waals surface area contributed by atoms with Crippen molar-refractivity contribution in [3.05, 3.63) is 30.5 Å². The average Bonchev–Trinajstić information content (AvgIpc) is 2.68. The van der Waals surface area contributed by atoms with E-state index in [1.165, 1.54) is 12.1 Å². The lowest BCUT2D eigenvalue weighted by molar-refractivity contribution is 0.552. The van der Waals surface area contributed by atoms with Crippen LogP contribution in [0.4, 0.5) is 3.89 Å². The summed E-state index contributed by atoms with van der Waals surface area (Å²) in [4.78, 5) is -0.274. The second-order valence-electron chi connectivity index (χ2n) is 6.65. The first-order chi connectivity index (χ1) is 8.94. The lowest BCUT2D eigenvalue weighted by Crippen LogP contribution is -2.44. The van der Waals surface area contributed by atoms with E-state index >= 15 is 0 Å². The van der Waals surface area contributed by atoms with Gasteiger partial charge >= 0.3 is 10.2 Å². The summed E-state index contributed by atoms with van der Waals surface area (Å²) in [7, 11) is -6.54. The zero-order valence-corrected chi connectivity index (χ0v) is 14.3. The molecule has 0 N–H and O–H groups in total. The number of nitrogens with zero attached hydrogens (tertiary/aromatic N) is 1. The second-order valence-corrected chi connectivity index (χ2v) is 13.1. The van der Waals surface area contributed by atoms with Gasteiger partial charge in [0.15, 0.2) is 8.24 Å². The third kappa shape index (κ3) is 2.42. The molecule has 0 atom stereocenters. The van der Waals surface area contributed by atoms with E-state index in [2.05, 4.69) is 38.1 Å². The van der Waals surface area contributed by atoms with Gasteiger partial charge < -0.3 is 4.23 Å². The number of hydrogen-bond acceptors (Lipinski definition) is 2. The van der Waals surface area contributed by atoms with E-state index < -0.39 is 18.5 Å². The number of rotatable bonds is 2. The maximum atomic E-state index is 13.2. The lowest BCUT2D eigenvalue weighted by Gasteiger charge is -2.38. The molecular weight excluding hydrogens is 293 g/mol. The molecule has 0 radical (unpaired) electrons. The molecule has 1 aromatic heterocycles. The Morgan fingerprint density at radius 1 is 1.15 bits per heavy atom. The molecule has 3 nitrogen and oxygen atoms in total. The van der Waals surface area contributed by atoms with Gasteiger partial charge in [-0.15, -0.1) is 3.89 Å². The standard InChI is InChI=1S/C14H20FNO2SSi/c1-14(2,3)20(4,5)16-9-8-11-6-7-12(10-13(11)16)19(15,17)18/h6-10H,1-5H3. The van der Waals surface area contributed by atoms with Crippen LogP contribution in [0.5, 0.6) is 0 Å². The number of halogens is 1. The van der Waals surface area contributed by atoms with Gasteiger partial charge in [0.2, 0.25) is 0 Å². The largest absolute Gasteiger partial charge is 0.374 e. The Balaban J connectivity index is 2.74. The minimum Gasteiger partial charge on any atom is -0.374 e. The quantitative estimate of drug-likeness (QED) is 0.617. The van der Waals surface area contributed by atoms with Crippen molar-refractivity contribution in [2.24, 2.45) is 0 Å². The van der Waals surface area contributed by atoms with Crippen LogP contribution in [0.2, 0.25) is 18.1 Å². The third-order valence-corrected chi connectivity index (χ3v) is 10.5. The van der Waals surface area contributed by atoms with Gasteiger partial charge in [0, 0.05) is 5.52 Å². The van der Waals surface area contributed by atoms with Crippen LogP contribution in [-0.4, -0.2) is 20.9 Å². The van der Waals surface area contributed by atoms with Crippen LogP contribution in [0.15, 0.2) is 35.4 Å². The van der Waals surface area contributed by atoms with Gasteiger partial charge in [-0.3, -0.25) is 0 Å². The fraction of sp³-hybridized carbons (Fsp3) is 0.429. The molecule has 0 aliphatic heterocycles. The summed E-state index contributed by atoms with van der Waals surface area (Å²) in [5.41, 5.74) is 0.787. The Morgan fingerprint density at radius 3 is 2.25 bits per heavy atom. The van der Waals surface area contributed by atoms with Crippen LogP contribution in [-0.2, 0) is 10.2 Å². The molecule has 1 heterocycles. The van der Waals surface area contributed by atoms with E-state index in [4.69, 9.17) is 0 Å². The highest BCUT2D eigenvalue weighted by Crippen LogP contribution is 2.39. The Morgan fingerprint density at radius 2 is 1.75 bits per heavy atom. The molecule has 0 saturated heterocycles. The zero-order chi connectivity index (χ0) is 15.3. The molecule has 0 saturated carbocycles. The summed E-state index contributed by atoms with van der Waals surface area (Å²) in [6, 6.07) is 6.36. The first kappa shape index (κ1) is 15.2. The van der Waals surface area contributed by atoms with E-state index in [-0.39, 0.29) is 9.93 Å². The lowest BCUT2D eigenvalue weighted by atomic mass is 10.2. The average molecular weight is 313 g/mol. The zero-order valence-electron chi connectivity index (χ0n) is 12.4. The van der Waals surface area contributed by atoms with Crippen LogP contribution in [0.3, 0.4) is 0 Å². The molecule has 110 valence electrons. The molecule has 1 aromatic carbocycles. The summed E-state index contributed by atoms with van der Waals surface area (Å²) < 4.78 is 37.5. The van der Waals surface area contributed by atoms with E-state index in [9.17, 15) is 12.3 Å². The Bertz CT molecular complexity index is 757. The molecular formula is C14H20FNO2SSi. The van der Waals surface area contributed by atoms with E-state index in [0.29, 0.717) is 0 Å². The number of aromatic nitrogens is 1. The minimum absolute atomic E-state index is 0.101. The SMILES string of the molecule is CC(C)(C)[Si](C)(C)n1ccc2ccc(S(=O)(=O)F)cc21. The van der Waals surface area contributed by atoms with Crippen molar-refractivity contribution in [1.82, 2.24) is 4.23 Å². The second kappa shape index (κ2) is 4.43. The molecule has 0 amide bonds. The Labute approximate surface area is 120 Å². The van der Waals surface area contributed by atoms with E-state index in [1.807, 2.05) is 12.3 Å². The topological polar surface area (TPSA) is 39.1 Å². The van der Waals surface area contributed by atoms with Gasteiger partial charge in [0.25, 0.3) is 0 Å².